The van der Waals surface area contributed by atoms with E-state index in [1.54, 1.807) is 30.1 Å². The van der Waals surface area contributed by atoms with Crippen LogP contribution in [0.3, 0.4) is 0 Å². The number of nitrogens with one attached hydrogen (secondary N) is 1. The highest BCUT2D eigenvalue weighted by Crippen LogP contribution is 2.17. The molecule has 0 spiro atoms. The lowest BCUT2D eigenvalue weighted by Crippen LogP contribution is -2.25. The van der Waals surface area contributed by atoms with Crippen molar-refractivity contribution in [3.63, 3.8) is 0 Å². The van der Waals surface area contributed by atoms with Gasteiger partial charge >= 0.3 is 0 Å². The molecule has 0 aliphatic heterocycles. The van der Waals surface area contributed by atoms with Gasteiger partial charge in [0.15, 0.2) is 0 Å². The average molecular weight is 340 g/mol. The maximum absolute atomic E-state index is 13.2. The second-order valence-electron chi connectivity index (χ2n) is 4.73. The third-order valence-electron chi connectivity index (χ3n) is 2.97. The van der Waals surface area contributed by atoms with Gasteiger partial charge in [0.25, 0.3) is 0 Å². The molecule has 6 heteroatoms. The second kappa shape index (κ2) is 6.17. The summed E-state index contributed by atoms with van der Waals surface area (Å²) in [5.41, 5.74) is 1.33. The van der Waals surface area contributed by atoms with E-state index in [1.165, 1.54) is 12.1 Å². The van der Waals surface area contributed by atoms with Crippen LogP contribution in [-0.4, -0.2) is 15.7 Å². The first kappa shape index (κ1) is 14.7. The molecule has 0 aliphatic carbocycles. The molecule has 0 unspecified atom stereocenters. The Bertz CT molecular complexity index is 627. The summed E-state index contributed by atoms with van der Waals surface area (Å²) in [4.78, 5) is 12.1. The van der Waals surface area contributed by atoms with Gasteiger partial charge in [0.1, 0.15) is 5.82 Å². The van der Waals surface area contributed by atoms with Crippen molar-refractivity contribution in [3.05, 3.63) is 46.4 Å². The van der Waals surface area contributed by atoms with Gasteiger partial charge in [0.05, 0.1) is 23.1 Å². The number of nitrogens with zero attached hydrogens (tertiary/aromatic N) is 2. The first-order valence-corrected chi connectivity index (χ1v) is 7.00. The predicted octanol–water partition coefficient (Wildman–Crippen LogP) is 3.37. The van der Waals surface area contributed by atoms with E-state index >= 15 is 0 Å². The van der Waals surface area contributed by atoms with Crippen LogP contribution in [0.25, 0.3) is 0 Å². The molecule has 0 radical (unpaired) electrons. The third kappa shape index (κ3) is 3.66. The molecule has 0 fully saturated rings. The van der Waals surface area contributed by atoms with Crippen molar-refractivity contribution in [2.24, 2.45) is 5.92 Å². The van der Waals surface area contributed by atoms with E-state index in [9.17, 15) is 9.18 Å². The standard InChI is InChI=1S/C14H15BrFN3O/c1-9-3-4-12(16)5-13(9)18-14(20)10(2)7-19-8-11(15)6-17-19/h3-6,8,10H,7H2,1-2H3,(H,18,20)/t10-/m0/s1. The molecule has 106 valence electrons. The molecule has 1 N–H and O–H groups in total. The smallest absolute Gasteiger partial charge is 0.229 e. The minimum atomic E-state index is -0.366. The number of hydrogen-bond donors (Lipinski definition) is 1. The third-order valence-corrected chi connectivity index (χ3v) is 3.38. The molecule has 1 heterocycles. The van der Waals surface area contributed by atoms with Crippen molar-refractivity contribution in [3.8, 4) is 0 Å². The molecule has 4 nitrogen and oxygen atoms in total. The summed E-state index contributed by atoms with van der Waals surface area (Å²) in [5.74, 6) is -0.802. The Kier molecular flexibility index (Phi) is 4.54. The first-order chi connectivity index (χ1) is 9.45. The molecule has 2 aromatic rings. The lowest BCUT2D eigenvalue weighted by atomic mass is 10.1. The highest BCUT2D eigenvalue weighted by Gasteiger charge is 2.15. The van der Waals surface area contributed by atoms with Crippen molar-refractivity contribution in [2.75, 3.05) is 5.32 Å². The van der Waals surface area contributed by atoms with Crippen molar-refractivity contribution in [1.29, 1.82) is 0 Å². The molecule has 0 aliphatic rings. The SMILES string of the molecule is Cc1ccc(F)cc1NC(=O)[C@@H](C)Cn1cc(Br)cn1. The Morgan fingerprint density at radius 2 is 2.30 bits per heavy atom. The normalized spacial score (nSPS) is 12.2. The van der Waals surface area contributed by atoms with Gasteiger partial charge in [-0.1, -0.05) is 13.0 Å². The van der Waals surface area contributed by atoms with Gasteiger partial charge in [0, 0.05) is 11.9 Å². The number of carbonyl (C=O) groups excluding carboxylic acids is 1. The molecule has 0 saturated carbocycles. The van der Waals surface area contributed by atoms with Crippen LogP contribution in [0.4, 0.5) is 10.1 Å². The van der Waals surface area contributed by atoms with E-state index in [2.05, 4.69) is 26.3 Å². The summed E-state index contributed by atoms with van der Waals surface area (Å²) in [6.45, 7) is 4.09. The zero-order valence-electron chi connectivity index (χ0n) is 11.2. The van der Waals surface area contributed by atoms with Gasteiger partial charge in [-0.05, 0) is 40.5 Å². The monoisotopic (exact) mass is 339 g/mol. The topological polar surface area (TPSA) is 46.9 Å². The Morgan fingerprint density at radius 1 is 1.55 bits per heavy atom. The molecule has 1 aromatic carbocycles. The lowest BCUT2D eigenvalue weighted by Gasteiger charge is -2.13. The summed E-state index contributed by atoms with van der Waals surface area (Å²) in [6.07, 6.45) is 3.47. The van der Waals surface area contributed by atoms with Gasteiger partial charge in [-0.3, -0.25) is 9.48 Å². The number of amides is 1. The van der Waals surface area contributed by atoms with E-state index < -0.39 is 0 Å². The summed E-state index contributed by atoms with van der Waals surface area (Å²) >= 11 is 3.30. The molecular weight excluding hydrogens is 325 g/mol. The number of aryl methyl sites for hydroxylation is 1. The van der Waals surface area contributed by atoms with Crippen LogP contribution in [0, 0.1) is 18.7 Å². The number of anilines is 1. The zero-order valence-corrected chi connectivity index (χ0v) is 12.8. The molecule has 20 heavy (non-hydrogen) atoms. The van der Waals surface area contributed by atoms with Crippen LogP contribution in [0.15, 0.2) is 35.1 Å². The summed E-state index contributed by atoms with van der Waals surface area (Å²) in [7, 11) is 0. The number of aromatic nitrogens is 2. The quantitative estimate of drug-likeness (QED) is 0.928. The van der Waals surface area contributed by atoms with Crippen molar-refractivity contribution in [1.82, 2.24) is 9.78 Å². The van der Waals surface area contributed by atoms with Crippen molar-refractivity contribution >= 4 is 27.5 Å². The Hall–Kier alpha value is -1.69. The van der Waals surface area contributed by atoms with E-state index in [0.29, 0.717) is 12.2 Å². The zero-order chi connectivity index (χ0) is 14.7. The average Bonchev–Trinajstić information content (AvgIpc) is 2.79. The lowest BCUT2D eigenvalue weighted by molar-refractivity contribution is -0.119. The largest absolute Gasteiger partial charge is 0.325 e. The van der Waals surface area contributed by atoms with E-state index in [-0.39, 0.29) is 17.6 Å². The van der Waals surface area contributed by atoms with Gasteiger partial charge in [0.2, 0.25) is 5.91 Å². The number of hydrogen-bond acceptors (Lipinski definition) is 2. The Labute approximate surface area is 125 Å². The van der Waals surface area contributed by atoms with Crippen molar-refractivity contribution < 1.29 is 9.18 Å². The maximum atomic E-state index is 13.2. The molecule has 1 atom stereocenters. The van der Waals surface area contributed by atoms with Crippen LogP contribution >= 0.6 is 15.9 Å². The van der Waals surface area contributed by atoms with Crippen LogP contribution in [0.1, 0.15) is 12.5 Å². The summed E-state index contributed by atoms with van der Waals surface area (Å²) in [6, 6.07) is 4.33. The van der Waals surface area contributed by atoms with E-state index in [1.807, 2.05) is 6.92 Å². The number of halogens is 2. The summed E-state index contributed by atoms with van der Waals surface area (Å²) < 4.78 is 15.7. The number of benzene rings is 1. The summed E-state index contributed by atoms with van der Waals surface area (Å²) in [5, 5.41) is 6.85. The maximum Gasteiger partial charge on any atom is 0.229 e. The minimum Gasteiger partial charge on any atom is -0.325 e. The Morgan fingerprint density at radius 3 is 2.95 bits per heavy atom. The van der Waals surface area contributed by atoms with Crippen LogP contribution < -0.4 is 5.32 Å². The molecule has 1 amide bonds. The molecular formula is C14H15BrFN3O. The highest BCUT2D eigenvalue weighted by atomic mass is 79.9. The van der Waals surface area contributed by atoms with Gasteiger partial charge < -0.3 is 5.32 Å². The van der Waals surface area contributed by atoms with Gasteiger partial charge in [-0.2, -0.15) is 5.10 Å². The minimum absolute atomic E-state index is 0.162. The van der Waals surface area contributed by atoms with Crippen LogP contribution in [-0.2, 0) is 11.3 Å². The van der Waals surface area contributed by atoms with E-state index in [4.69, 9.17) is 0 Å². The molecule has 0 bridgehead atoms. The first-order valence-electron chi connectivity index (χ1n) is 6.20. The molecule has 1 aromatic heterocycles. The number of rotatable bonds is 4. The Balaban J connectivity index is 2.02. The highest BCUT2D eigenvalue weighted by molar-refractivity contribution is 9.10. The predicted molar refractivity (Wildman–Crippen MR) is 78.9 cm³/mol. The second-order valence-corrected chi connectivity index (χ2v) is 5.65. The van der Waals surface area contributed by atoms with Crippen LogP contribution in [0.5, 0.6) is 0 Å². The molecule has 0 saturated heterocycles. The fourth-order valence-electron chi connectivity index (χ4n) is 1.79. The fourth-order valence-corrected chi connectivity index (χ4v) is 2.11. The fraction of sp³-hybridized carbons (Fsp3) is 0.286. The number of carbonyl (C=O) groups is 1. The van der Waals surface area contributed by atoms with E-state index in [0.717, 1.165) is 10.0 Å². The van der Waals surface area contributed by atoms with Gasteiger partial charge in [-0.25, -0.2) is 4.39 Å². The van der Waals surface area contributed by atoms with Gasteiger partial charge in [-0.15, -0.1) is 0 Å². The molecule has 2 rings (SSSR count). The van der Waals surface area contributed by atoms with Crippen LogP contribution in [0.2, 0.25) is 0 Å². The van der Waals surface area contributed by atoms with Crippen molar-refractivity contribution in [2.45, 2.75) is 20.4 Å².